The van der Waals surface area contributed by atoms with E-state index < -0.39 is 10.0 Å². The predicted octanol–water partition coefficient (Wildman–Crippen LogP) is 3.30. The number of carbonyl (C=O) groups is 1. The van der Waals surface area contributed by atoms with Gasteiger partial charge in [-0.15, -0.1) is 0 Å². The first-order chi connectivity index (χ1) is 12.8. The molecular formula is C19H23ClN2O4S. The molecule has 8 heteroatoms. The summed E-state index contributed by atoms with van der Waals surface area (Å²) in [6, 6.07) is 9.88. The van der Waals surface area contributed by atoms with E-state index in [0.29, 0.717) is 37.5 Å². The maximum absolute atomic E-state index is 12.7. The molecule has 3 rings (SSSR count). The van der Waals surface area contributed by atoms with Crippen molar-refractivity contribution in [2.24, 2.45) is 5.92 Å². The van der Waals surface area contributed by atoms with Gasteiger partial charge < -0.3 is 9.32 Å². The molecule has 6 nitrogen and oxygen atoms in total. The van der Waals surface area contributed by atoms with Gasteiger partial charge in [0.25, 0.3) is 0 Å². The lowest BCUT2D eigenvalue weighted by Crippen LogP contribution is -2.43. The summed E-state index contributed by atoms with van der Waals surface area (Å²) in [6.07, 6.45) is 1.01. The van der Waals surface area contributed by atoms with Crippen molar-refractivity contribution in [1.82, 2.24) is 9.21 Å². The topological polar surface area (TPSA) is 70.8 Å². The Hall–Kier alpha value is -1.83. The second-order valence-electron chi connectivity index (χ2n) is 6.84. The first kappa shape index (κ1) is 19.9. The zero-order valence-corrected chi connectivity index (χ0v) is 17.0. The number of nitrogens with zero attached hydrogens (tertiary/aromatic N) is 2. The molecule has 0 unspecified atom stereocenters. The van der Waals surface area contributed by atoms with Crippen LogP contribution in [0.3, 0.4) is 0 Å². The van der Waals surface area contributed by atoms with Crippen molar-refractivity contribution in [3.05, 3.63) is 52.9 Å². The Morgan fingerprint density at radius 1 is 1.19 bits per heavy atom. The number of sulfonamides is 1. The zero-order chi connectivity index (χ0) is 19.6. The molecule has 1 aromatic heterocycles. The number of aryl methyl sites for hydroxylation is 1. The Morgan fingerprint density at radius 2 is 1.81 bits per heavy atom. The van der Waals surface area contributed by atoms with E-state index in [2.05, 4.69) is 0 Å². The van der Waals surface area contributed by atoms with E-state index >= 15 is 0 Å². The number of furan rings is 1. The van der Waals surface area contributed by atoms with Gasteiger partial charge in [0, 0.05) is 31.1 Å². The van der Waals surface area contributed by atoms with E-state index in [4.69, 9.17) is 16.0 Å². The van der Waals surface area contributed by atoms with Gasteiger partial charge in [-0.1, -0.05) is 11.6 Å². The molecule has 0 saturated carbocycles. The Bertz CT molecular complexity index is 900. The largest absolute Gasteiger partial charge is 0.464 e. The second kappa shape index (κ2) is 8.04. The number of benzene rings is 1. The molecular weight excluding hydrogens is 388 g/mol. The lowest BCUT2D eigenvalue weighted by Gasteiger charge is -2.32. The molecule has 0 atom stereocenters. The molecule has 2 heterocycles. The quantitative estimate of drug-likeness (QED) is 0.758. The molecule has 0 bridgehead atoms. The Labute approximate surface area is 164 Å². The van der Waals surface area contributed by atoms with Crippen LogP contribution in [0.15, 0.2) is 45.7 Å². The SMILES string of the molecule is Cc1ccc(CN(C)C(=O)C2CCN(S(=O)(=O)c3ccc(Cl)cc3)CC2)o1. The van der Waals surface area contributed by atoms with Crippen LogP contribution in [0.25, 0.3) is 0 Å². The minimum Gasteiger partial charge on any atom is -0.464 e. The molecule has 146 valence electrons. The fraction of sp³-hybridized carbons (Fsp3) is 0.421. The van der Waals surface area contributed by atoms with Crippen LogP contribution in [0.4, 0.5) is 0 Å². The summed E-state index contributed by atoms with van der Waals surface area (Å²) in [5, 5.41) is 0.494. The number of hydrogen-bond donors (Lipinski definition) is 0. The van der Waals surface area contributed by atoms with Gasteiger partial charge in [-0.3, -0.25) is 4.79 Å². The van der Waals surface area contributed by atoms with Gasteiger partial charge >= 0.3 is 0 Å². The van der Waals surface area contributed by atoms with Crippen molar-refractivity contribution < 1.29 is 17.6 Å². The lowest BCUT2D eigenvalue weighted by molar-refractivity contribution is -0.136. The van der Waals surface area contributed by atoms with Crippen molar-refractivity contribution in [3.8, 4) is 0 Å². The van der Waals surface area contributed by atoms with Gasteiger partial charge in [0.05, 0.1) is 11.4 Å². The highest BCUT2D eigenvalue weighted by molar-refractivity contribution is 7.89. The second-order valence-corrected chi connectivity index (χ2v) is 9.21. The van der Waals surface area contributed by atoms with Crippen LogP contribution in [0.5, 0.6) is 0 Å². The molecule has 1 fully saturated rings. The number of carbonyl (C=O) groups excluding carboxylic acids is 1. The third-order valence-electron chi connectivity index (χ3n) is 4.82. The Kier molecular flexibility index (Phi) is 5.93. The molecule has 1 aromatic carbocycles. The molecule has 1 saturated heterocycles. The third-order valence-corrected chi connectivity index (χ3v) is 6.98. The monoisotopic (exact) mass is 410 g/mol. The summed E-state index contributed by atoms with van der Waals surface area (Å²) in [5.74, 6) is 1.40. The first-order valence-corrected chi connectivity index (χ1v) is 10.6. The van der Waals surface area contributed by atoms with Crippen LogP contribution in [0.1, 0.15) is 24.4 Å². The minimum atomic E-state index is -3.56. The molecule has 2 aromatic rings. The Balaban J connectivity index is 1.59. The maximum atomic E-state index is 12.7. The summed E-state index contributed by atoms with van der Waals surface area (Å²) in [6.45, 7) is 2.93. The summed E-state index contributed by atoms with van der Waals surface area (Å²) in [5.41, 5.74) is 0. The van der Waals surface area contributed by atoms with E-state index in [9.17, 15) is 13.2 Å². The Morgan fingerprint density at radius 3 is 2.37 bits per heavy atom. The van der Waals surface area contributed by atoms with Crippen molar-refractivity contribution in [2.45, 2.75) is 31.2 Å². The summed E-state index contributed by atoms with van der Waals surface area (Å²) in [4.78, 5) is 14.5. The standard InChI is InChI=1S/C19H23ClN2O4S/c1-14-3-6-17(26-14)13-21(2)19(23)15-9-11-22(12-10-15)27(24,25)18-7-4-16(20)5-8-18/h3-8,15H,9-13H2,1-2H3. The van der Waals surface area contributed by atoms with Crippen LogP contribution in [0.2, 0.25) is 5.02 Å². The fourth-order valence-corrected chi connectivity index (χ4v) is 4.89. The summed E-state index contributed by atoms with van der Waals surface area (Å²) in [7, 11) is -1.81. The summed E-state index contributed by atoms with van der Waals surface area (Å²) < 4.78 is 32.4. The highest BCUT2D eigenvalue weighted by atomic mass is 35.5. The van der Waals surface area contributed by atoms with E-state index in [1.54, 1.807) is 24.1 Å². The van der Waals surface area contributed by atoms with Crippen molar-refractivity contribution in [2.75, 3.05) is 20.1 Å². The fourth-order valence-electron chi connectivity index (χ4n) is 3.29. The molecule has 0 radical (unpaired) electrons. The van der Waals surface area contributed by atoms with E-state index in [-0.39, 0.29) is 16.7 Å². The number of halogens is 1. The minimum absolute atomic E-state index is 0.0209. The molecule has 1 aliphatic rings. The van der Waals surface area contributed by atoms with Gasteiger partial charge in [0.2, 0.25) is 15.9 Å². The third kappa shape index (κ3) is 4.54. The van der Waals surface area contributed by atoms with E-state index in [1.165, 1.54) is 16.4 Å². The number of amides is 1. The van der Waals surface area contributed by atoms with E-state index in [1.807, 2.05) is 19.1 Å². The smallest absolute Gasteiger partial charge is 0.243 e. The van der Waals surface area contributed by atoms with Crippen LogP contribution in [-0.2, 0) is 21.4 Å². The summed E-state index contributed by atoms with van der Waals surface area (Å²) >= 11 is 5.83. The van der Waals surface area contributed by atoms with Crippen LogP contribution in [0, 0.1) is 12.8 Å². The van der Waals surface area contributed by atoms with Crippen molar-refractivity contribution >= 4 is 27.5 Å². The molecule has 1 aliphatic heterocycles. The first-order valence-electron chi connectivity index (χ1n) is 8.83. The number of hydrogen-bond acceptors (Lipinski definition) is 4. The van der Waals surface area contributed by atoms with Gasteiger partial charge in [-0.05, 0) is 56.2 Å². The molecule has 0 aliphatic carbocycles. The van der Waals surface area contributed by atoms with E-state index in [0.717, 1.165) is 11.5 Å². The highest BCUT2D eigenvalue weighted by Gasteiger charge is 2.33. The van der Waals surface area contributed by atoms with Gasteiger partial charge in [-0.2, -0.15) is 4.31 Å². The molecule has 0 spiro atoms. The van der Waals surface area contributed by atoms with Gasteiger partial charge in [0.1, 0.15) is 11.5 Å². The normalized spacial score (nSPS) is 16.4. The van der Waals surface area contributed by atoms with Crippen molar-refractivity contribution in [1.29, 1.82) is 0 Å². The maximum Gasteiger partial charge on any atom is 0.243 e. The molecule has 27 heavy (non-hydrogen) atoms. The highest BCUT2D eigenvalue weighted by Crippen LogP contribution is 2.26. The average molecular weight is 411 g/mol. The lowest BCUT2D eigenvalue weighted by atomic mass is 9.96. The molecule has 1 amide bonds. The van der Waals surface area contributed by atoms with Gasteiger partial charge in [-0.25, -0.2) is 8.42 Å². The molecule has 0 N–H and O–H groups in total. The zero-order valence-electron chi connectivity index (χ0n) is 15.4. The predicted molar refractivity (Wildman–Crippen MR) is 103 cm³/mol. The van der Waals surface area contributed by atoms with Gasteiger partial charge in [0.15, 0.2) is 0 Å². The van der Waals surface area contributed by atoms with Crippen LogP contribution in [-0.4, -0.2) is 43.7 Å². The van der Waals surface area contributed by atoms with Crippen LogP contribution >= 0.6 is 11.6 Å². The average Bonchev–Trinajstić information content (AvgIpc) is 3.06. The number of rotatable bonds is 5. The number of piperidine rings is 1. The van der Waals surface area contributed by atoms with Crippen LogP contribution < -0.4 is 0 Å². The van der Waals surface area contributed by atoms with Crippen molar-refractivity contribution in [3.63, 3.8) is 0 Å².